The summed E-state index contributed by atoms with van der Waals surface area (Å²) in [4.78, 5) is 0. The minimum Gasteiger partial charge on any atom is -0.396 e. The second-order valence-corrected chi connectivity index (χ2v) is 16.9. The highest BCUT2D eigenvalue weighted by Crippen LogP contribution is 2.18. The van der Waals surface area contributed by atoms with Crippen LogP contribution in [0.1, 0.15) is 284 Å². The average Bonchev–Trinajstić information content (AvgIpc) is 3.13. The Morgan fingerprint density at radius 3 is 0.608 bits per heavy atom. The Hall–Kier alpha value is -0.120. The summed E-state index contributed by atoms with van der Waals surface area (Å²) in [5, 5.41) is 23.2. The molecule has 3 N–H and O–H groups in total. The smallest absolute Gasteiger partial charge is 0.0445 e. The van der Waals surface area contributed by atoms with Crippen LogP contribution in [0.4, 0.5) is 0 Å². The highest BCUT2D eigenvalue weighted by atomic mass is 16.3. The van der Waals surface area contributed by atoms with Crippen LogP contribution >= 0.6 is 0 Å². The van der Waals surface area contributed by atoms with Gasteiger partial charge in [0, 0.05) is 25.3 Å². The molecule has 0 heterocycles. The third kappa shape index (κ3) is 42.5. The van der Waals surface area contributed by atoms with Crippen molar-refractivity contribution in [1.82, 2.24) is 5.32 Å². The van der Waals surface area contributed by atoms with Gasteiger partial charge in [-0.1, -0.05) is 258 Å². The fourth-order valence-corrected chi connectivity index (χ4v) is 8.21. The summed E-state index contributed by atoms with van der Waals surface area (Å²) < 4.78 is 0. The summed E-state index contributed by atoms with van der Waals surface area (Å²) in [5.41, 5.74) is 0. The first-order valence-electron chi connectivity index (χ1n) is 24.3. The Bertz CT molecular complexity index is 548. The minimum atomic E-state index is 0.266. The van der Waals surface area contributed by atoms with Crippen LogP contribution in [-0.4, -0.2) is 35.5 Å². The molecule has 0 saturated carbocycles. The molecule has 0 aromatic heterocycles. The molecular weight excluding hydrogens is 623 g/mol. The van der Waals surface area contributed by atoms with E-state index in [1.165, 1.54) is 257 Å². The van der Waals surface area contributed by atoms with E-state index in [1.807, 2.05) is 0 Å². The Morgan fingerprint density at radius 1 is 0.255 bits per heavy atom. The zero-order valence-corrected chi connectivity index (χ0v) is 35.7. The molecule has 0 saturated heterocycles. The second-order valence-electron chi connectivity index (χ2n) is 16.9. The summed E-state index contributed by atoms with van der Waals surface area (Å²) >= 11 is 0. The summed E-state index contributed by atoms with van der Waals surface area (Å²) in [7, 11) is 0. The first-order valence-corrected chi connectivity index (χ1v) is 24.3. The van der Waals surface area contributed by atoms with Crippen molar-refractivity contribution >= 4 is 0 Å². The Morgan fingerprint density at radius 2 is 0.431 bits per heavy atom. The molecule has 3 nitrogen and oxygen atoms in total. The largest absolute Gasteiger partial charge is 0.396 e. The van der Waals surface area contributed by atoms with Crippen LogP contribution in [0.3, 0.4) is 0 Å². The van der Waals surface area contributed by atoms with Gasteiger partial charge in [-0.2, -0.15) is 0 Å². The van der Waals surface area contributed by atoms with E-state index in [-0.39, 0.29) is 13.2 Å². The Labute approximate surface area is 323 Å². The summed E-state index contributed by atoms with van der Waals surface area (Å²) in [6, 6.07) is 0.801. The number of nitrogens with one attached hydrogen (secondary N) is 1. The van der Waals surface area contributed by atoms with Gasteiger partial charge in [0.25, 0.3) is 0 Å². The van der Waals surface area contributed by atoms with Crippen molar-refractivity contribution in [3.8, 4) is 0 Å². The van der Waals surface area contributed by atoms with Gasteiger partial charge in [-0.3, -0.25) is 0 Å². The molecule has 0 aromatic rings. The lowest BCUT2D eigenvalue weighted by molar-refractivity contribution is 0.224. The normalized spacial score (nSPS) is 12.9. The van der Waals surface area contributed by atoms with E-state index >= 15 is 0 Å². The molecule has 0 spiro atoms. The molecule has 0 aliphatic heterocycles. The van der Waals surface area contributed by atoms with Crippen molar-refractivity contribution in [1.29, 1.82) is 0 Å². The lowest BCUT2D eigenvalue weighted by Gasteiger charge is -2.25. The molecule has 2 atom stereocenters. The van der Waals surface area contributed by atoms with E-state index in [1.54, 1.807) is 0 Å². The topological polar surface area (TPSA) is 52.5 Å². The predicted molar refractivity (Wildman–Crippen MR) is 230 cm³/mol. The van der Waals surface area contributed by atoms with E-state index in [2.05, 4.69) is 19.2 Å². The van der Waals surface area contributed by atoms with Crippen LogP contribution in [0, 0.1) is 0 Å². The fraction of sp³-hybridized carbons (Fsp3) is 1.00. The van der Waals surface area contributed by atoms with Crippen molar-refractivity contribution in [2.24, 2.45) is 0 Å². The van der Waals surface area contributed by atoms with Gasteiger partial charge in [-0.05, 0) is 25.7 Å². The SMILES string of the molecule is CCCCCCCCCCCCCCCCCCCCCC(CCO)NC(CCO)CCCCCCCCCCCCCCCCCCCCC. The quantitative estimate of drug-likeness (QED) is 0.0549. The molecule has 0 aromatic carbocycles. The van der Waals surface area contributed by atoms with E-state index in [4.69, 9.17) is 0 Å². The molecule has 0 fully saturated rings. The van der Waals surface area contributed by atoms with Gasteiger partial charge >= 0.3 is 0 Å². The lowest BCUT2D eigenvalue weighted by atomic mass is 9.99. The molecule has 0 rings (SSSR count). The van der Waals surface area contributed by atoms with Crippen LogP contribution in [-0.2, 0) is 0 Å². The lowest BCUT2D eigenvalue weighted by Crippen LogP contribution is -2.39. The maximum atomic E-state index is 9.69. The number of rotatable bonds is 46. The van der Waals surface area contributed by atoms with Gasteiger partial charge in [-0.25, -0.2) is 0 Å². The Kier molecular flexibility index (Phi) is 45.9. The highest BCUT2D eigenvalue weighted by Gasteiger charge is 2.15. The molecule has 2 unspecified atom stereocenters. The minimum absolute atomic E-state index is 0.266. The van der Waals surface area contributed by atoms with Crippen molar-refractivity contribution in [2.45, 2.75) is 296 Å². The molecule has 308 valence electrons. The fourth-order valence-electron chi connectivity index (χ4n) is 8.21. The summed E-state index contributed by atoms with van der Waals surface area (Å²) in [6.07, 6.45) is 58.0. The monoisotopic (exact) mass is 722 g/mol. The van der Waals surface area contributed by atoms with Gasteiger partial charge < -0.3 is 15.5 Å². The molecular formula is C48H99NO2. The van der Waals surface area contributed by atoms with Crippen LogP contribution < -0.4 is 5.32 Å². The van der Waals surface area contributed by atoms with Crippen molar-refractivity contribution < 1.29 is 10.2 Å². The van der Waals surface area contributed by atoms with E-state index in [0.717, 1.165) is 12.8 Å². The molecule has 51 heavy (non-hydrogen) atoms. The molecule has 0 amide bonds. The van der Waals surface area contributed by atoms with Crippen LogP contribution in [0.5, 0.6) is 0 Å². The van der Waals surface area contributed by atoms with Crippen LogP contribution in [0.15, 0.2) is 0 Å². The maximum absolute atomic E-state index is 9.69. The summed E-state index contributed by atoms with van der Waals surface area (Å²) in [6.45, 7) is 5.13. The molecule has 0 radical (unpaired) electrons. The average molecular weight is 722 g/mol. The first kappa shape index (κ1) is 50.9. The van der Waals surface area contributed by atoms with Gasteiger partial charge in [0.1, 0.15) is 0 Å². The first-order chi connectivity index (χ1) is 25.3. The van der Waals surface area contributed by atoms with Crippen molar-refractivity contribution in [3.05, 3.63) is 0 Å². The van der Waals surface area contributed by atoms with Crippen LogP contribution in [0.2, 0.25) is 0 Å². The van der Waals surface area contributed by atoms with E-state index < -0.39 is 0 Å². The van der Waals surface area contributed by atoms with Gasteiger partial charge in [0.05, 0.1) is 0 Å². The number of hydrogen-bond acceptors (Lipinski definition) is 3. The number of unbranched alkanes of at least 4 members (excludes halogenated alkanes) is 36. The predicted octanol–water partition coefficient (Wildman–Crippen LogP) is 15.7. The molecule has 0 aliphatic carbocycles. The standard InChI is InChI=1S/C48H99NO2/c1-3-5-7-9-11-13-15-17-19-21-23-25-27-29-31-33-35-37-39-41-47(43-45-50)49-48(44-46-51)42-40-38-36-34-32-30-28-26-24-22-20-18-16-14-12-10-8-6-4-2/h47-51H,3-46H2,1-2H3. The molecule has 0 aliphatic rings. The van der Waals surface area contributed by atoms with Gasteiger partial charge in [0.2, 0.25) is 0 Å². The van der Waals surface area contributed by atoms with Crippen LogP contribution in [0.25, 0.3) is 0 Å². The van der Waals surface area contributed by atoms with Gasteiger partial charge in [0.15, 0.2) is 0 Å². The molecule has 0 bridgehead atoms. The highest BCUT2D eigenvalue weighted by molar-refractivity contribution is 4.75. The maximum Gasteiger partial charge on any atom is 0.0445 e. The second kappa shape index (κ2) is 46.0. The molecule has 3 heteroatoms. The van der Waals surface area contributed by atoms with Crippen molar-refractivity contribution in [2.75, 3.05) is 13.2 Å². The van der Waals surface area contributed by atoms with E-state index in [9.17, 15) is 10.2 Å². The third-order valence-corrected chi connectivity index (χ3v) is 11.7. The zero-order chi connectivity index (χ0) is 37.0. The Balaban J connectivity index is 3.63. The zero-order valence-electron chi connectivity index (χ0n) is 35.7. The number of aliphatic hydroxyl groups excluding tert-OH is 2. The third-order valence-electron chi connectivity index (χ3n) is 11.7. The van der Waals surface area contributed by atoms with E-state index in [0.29, 0.717) is 12.1 Å². The number of hydrogen-bond donors (Lipinski definition) is 3. The summed E-state index contributed by atoms with van der Waals surface area (Å²) in [5.74, 6) is 0. The number of aliphatic hydroxyl groups is 2. The van der Waals surface area contributed by atoms with Gasteiger partial charge in [-0.15, -0.1) is 0 Å². The van der Waals surface area contributed by atoms with Crippen molar-refractivity contribution in [3.63, 3.8) is 0 Å².